The number of carboxylic acids is 3. The zero-order valence-corrected chi connectivity index (χ0v) is 28.1. The summed E-state index contributed by atoms with van der Waals surface area (Å²) in [5, 5.41) is 43.7. The summed E-state index contributed by atoms with van der Waals surface area (Å²) in [7, 11) is 0. The number of hydrogen-bond acceptors (Lipinski definition) is 11. The first-order chi connectivity index (χ1) is 22.7. The third-order valence-corrected chi connectivity index (χ3v) is 7.33. The van der Waals surface area contributed by atoms with Gasteiger partial charge in [0.25, 0.3) is 0 Å². The number of thiol groups is 1. The van der Waals surface area contributed by atoms with Crippen LogP contribution in [0.1, 0.15) is 59.8 Å². The maximum absolute atomic E-state index is 13.3. The predicted molar refractivity (Wildman–Crippen MR) is 170 cm³/mol. The summed E-state index contributed by atoms with van der Waals surface area (Å²) in [4.78, 5) is 126. The largest absolute Gasteiger partial charge is 0.481 e. The fraction of sp³-hybridized carbons (Fsp3) is 0.643. The zero-order valence-electron chi connectivity index (χ0n) is 27.2. The monoisotopic (exact) mass is 717 g/mol. The van der Waals surface area contributed by atoms with Gasteiger partial charge in [-0.3, -0.25) is 47.9 Å². The van der Waals surface area contributed by atoms with Crippen molar-refractivity contribution in [2.45, 2.75) is 102 Å². The SMILES string of the molecule is CC(C)C[C@@H]1NC(=O)[C@@H](C)NC(=O)[C@H](CC(=O)O)NC(=O)[C@@H](CCC(=O)O)NC(=O)[C@H](CS)NC(=O)[C@H](C)NC(=O)[C@@H](CC(=O)O)NC1=O. The molecule has 7 amide bonds. The summed E-state index contributed by atoms with van der Waals surface area (Å²) < 4.78 is 0. The maximum Gasteiger partial charge on any atom is 0.305 e. The van der Waals surface area contributed by atoms with Crippen LogP contribution >= 0.6 is 12.6 Å². The van der Waals surface area contributed by atoms with E-state index in [-0.39, 0.29) is 18.1 Å². The Bertz CT molecular complexity index is 1310. The molecule has 21 heteroatoms. The molecule has 0 aromatic rings. The Morgan fingerprint density at radius 1 is 0.551 bits per heavy atom. The summed E-state index contributed by atoms with van der Waals surface area (Å²) >= 11 is 4.02. The molecule has 0 saturated carbocycles. The molecule has 0 bridgehead atoms. The van der Waals surface area contributed by atoms with Gasteiger partial charge in [0.2, 0.25) is 41.4 Å². The van der Waals surface area contributed by atoms with E-state index in [4.69, 9.17) is 5.11 Å². The van der Waals surface area contributed by atoms with E-state index in [1.807, 2.05) is 0 Å². The first-order valence-electron chi connectivity index (χ1n) is 15.1. The van der Waals surface area contributed by atoms with Crippen molar-refractivity contribution in [3.05, 3.63) is 0 Å². The minimum absolute atomic E-state index is 0.0139. The molecule has 1 saturated heterocycles. The lowest BCUT2D eigenvalue weighted by Crippen LogP contribution is -2.59. The van der Waals surface area contributed by atoms with E-state index in [2.05, 4.69) is 49.8 Å². The van der Waals surface area contributed by atoms with Gasteiger partial charge in [-0.1, -0.05) is 13.8 Å². The molecule has 1 rings (SSSR count). The third-order valence-electron chi connectivity index (χ3n) is 6.96. The summed E-state index contributed by atoms with van der Waals surface area (Å²) in [6.07, 6.45) is -3.13. The smallest absolute Gasteiger partial charge is 0.305 e. The van der Waals surface area contributed by atoms with E-state index in [1.165, 1.54) is 13.8 Å². The van der Waals surface area contributed by atoms with Gasteiger partial charge in [0.15, 0.2) is 0 Å². The molecule has 0 radical (unpaired) electrons. The third kappa shape index (κ3) is 14.8. The van der Waals surface area contributed by atoms with Crippen molar-refractivity contribution in [3.63, 3.8) is 0 Å². The molecule has 0 unspecified atom stereocenters. The van der Waals surface area contributed by atoms with E-state index >= 15 is 0 Å². The van der Waals surface area contributed by atoms with Gasteiger partial charge in [0.1, 0.15) is 42.3 Å². The molecule has 0 aromatic carbocycles. The number of hydrogen-bond donors (Lipinski definition) is 11. The summed E-state index contributed by atoms with van der Waals surface area (Å²) in [5.74, 6) is -12.4. The number of carbonyl (C=O) groups is 10. The Balaban J connectivity index is 3.63. The van der Waals surface area contributed by atoms with E-state index in [0.717, 1.165) is 0 Å². The average Bonchev–Trinajstić information content (AvgIpc) is 2.98. The Morgan fingerprint density at radius 3 is 1.29 bits per heavy atom. The number of carbonyl (C=O) groups excluding carboxylic acids is 7. The molecule has 10 N–H and O–H groups in total. The maximum atomic E-state index is 13.3. The second-order valence-corrected chi connectivity index (χ2v) is 12.1. The first kappa shape index (κ1) is 42.1. The van der Waals surface area contributed by atoms with Gasteiger partial charge in [-0.05, 0) is 32.6 Å². The molecule has 49 heavy (non-hydrogen) atoms. The minimum Gasteiger partial charge on any atom is -0.481 e. The summed E-state index contributed by atoms with van der Waals surface area (Å²) in [5.41, 5.74) is 0. The number of rotatable bonds is 10. The lowest BCUT2D eigenvalue weighted by atomic mass is 10.0. The van der Waals surface area contributed by atoms with E-state index in [9.17, 15) is 58.2 Å². The van der Waals surface area contributed by atoms with Crippen molar-refractivity contribution in [2.24, 2.45) is 5.92 Å². The van der Waals surface area contributed by atoms with Crippen LogP contribution in [0.5, 0.6) is 0 Å². The fourth-order valence-corrected chi connectivity index (χ4v) is 4.63. The van der Waals surface area contributed by atoms with Gasteiger partial charge in [-0.15, -0.1) is 0 Å². The highest BCUT2D eigenvalue weighted by Crippen LogP contribution is 2.08. The van der Waals surface area contributed by atoms with Crippen LogP contribution in [-0.2, 0) is 47.9 Å². The Hall–Kier alpha value is -4.95. The first-order valence-corrected chi connectivity index (χ1v) is 15.8. The molecule has 1 fully saturated rings. The molecular formula is C28H43N7O13S. The molecule has 1 heterocycles. The topological polar surface area (TPSA) is 316 Å². The van der Waals surface area contributed by atoms with Gasteiger partial charge >= 0.3 is 17.9 Å². The summed E-state index contributed by atoms with van der Waals surface area (Å²) in [6, 6.07) is -10.9. The Morgan fingerprint density at radius 2 is 0.898 bits per heavy atom. The van der Waals surface area contributed by atoms with Gasteiger partial charge in [0.05, 0.1) is 12.8 Å². The molecule has 0 spiro atoms. The predicted octanol–water partition coefficient (Wildman–Crippen LogP) is -3.78. The average molecular weight is 718 g/mol. The lowest BCUT2D eigenvalue weighted by molar-refractivity contribution is -0.142. The van der Waals surface area contributed by atoms with Gasteiger partial charge < -0.3 is 52.5 Å². The highest BCUT2D eigenvalue weighted by molar-refractivity contribution is 7.80. The van der Waals surface area contributed by atoms with Crippen LogP contribution in [0.4, 0.5) is 0 Å². The highest BCUT2D eigenvalue weighted by Gasteiger charge is 2.35. The van der Waals surface area contributed by atoms with E-state index in [1.54, 1.807) is 13.8 Å². The zero-order chi connectivity index (χ0) is 37.6. The van der Waals surface area contributed by atoms with Crippen molar-refractivity contribution in [1.82, 2.24) is 37.2 Å². The van der Waals surface area contributed by atoms with Crippen LogP contribution in [0.25, 0.3) is 0 Å². The Labute approximate surface area is 286 Å². The molecule has 20 nitrogen and oxygen atoms in total. The number of carboxylic acid groups (broad SMARTS) is 3. The van der Waals surface area contributed by atoms with Crippen LogP contribution in [0, 0.1) is 5.92 Å². The van der Waals surface area contributed by atoms with Crippen molar-refractivity contribution in [3.8, 4) is 0 Å². The van der Waals surface area contributed by atoms with Crippen LogP contribution in [0.2, 0.25) is 0 Å². The van der Waals surface area contributed by atoms with E-state index in [0.29, 0.717) is 0 Å². The molecule has 7 atom stereocenters. The minimum atomic E-state index is -1.83. The van der Waals surface area contributed by atoms with Crippen molar-refractivity contribution in [2.75, 3.05) is 5.75 Å². The van der Waals surface area contributed by atoms with Crippen molar-refractivity contribution in [1.29, 1.82) is 0 Å². The van der Waals surface area contributed by atoms with Crippen LogP contribution in [0.15, 0.2) is 0 Å². The normalized spacial score (nSPS) is 26.8. The van der Waals surface area contributed by atoms with Crippen LogP contribution in [-0.4, -0.2) is 123 Å². The van der Waals surface area contributed by atoms with Crippen molar-refractivity contribution >= 4 is 71.9 Å². The molecule has 0 aromatic heterocycles. The number of aliphatic carboxylic acids is 3. The standard InChI is InChI=1S/C28H43N7O13S/c1-11(2)7-15-27(47)34-17(9-21(40)41)26(46)30-13(4)23(43)35-18(10-49)28(48)31-14(5-6-19(36)37)24(44)33-16(8-20(38)39)25(45)29-12(3)22(42)32-15/h11-18,49H,5-10H2,1-4H3,(H,29,45)(H,30,46)(H,31,48)(H,32,42)(H,33,44)(H,34,47)(H,35,43)(H,36,37)(H,38,39)(H,40,41)/t12-,13+,14-,15+,16+,17-,18+/m1/s1. The molecular weight excluding hydrogens is 674 g/mol. The number of amides is 7. The fourth-order valence-electron chi connectivity index (χ4n) is 4.37. The van der Waals surface area contributed by atoms with Crippen LogP contribution in [0.3, 0.4) is 0 Å². The van der Waals surface area contributed by atoms with Gasteiger partial charge in [-0.2, -0.15) is 12.6 Å². The Kier molecular flexibility index (Phi) is 17.0. The van der Waals surface area contributed by atoms with Gasteiger partial charge in [0, 0.05) is 12.2 Å². The van der Waals surface area contributed by atoms with Gasteiger partial charge in [-0.25, -0.2) is 0 Å². The second kappa shape index (κ2) is 19.8. The highest BCUT2D eigenvalue weighted by atomic mass is 32.1. The molecule has 1 aliphatic heterocycles. The molecule has 274 valence electrons. The molecule has 1 aliphatic rings. The molecule has 0 aliphatic carbocycles. The van der Waals surface area contributed by atoms with Crippen molar-refractivity contribution < 1.29 is 63.3 Å². The van der Waals surface area contributed by atoms with E-state index < -0.39 is 127 Å². The second-order valence-electron chi connectivity index (χ2n) is 11.7. The summed E-state index contributed by atoms with van der Waals surface area (Å²) in [6.45, 7) is 5.78. The number of nitrogens with one attached hydrogen (secondary N) is 7. The van der Waals surface area contributed by atoms with Crippen LogP contribution < -0.4 is 37.2 Å². The quantitative estimate of drug-likeness (QED) is 0.0968. The lowest BCUT2D eigenvalue weighted by Gasteiger charge is -2.26.